The molecule has 0 saturated carbocycles. The smallest absolute Gasteiger partial charge is 0.306 e. The molecule has 0 fully saturated rings. The lowest BCUT2D eigenvalue weighted by Gasteiger charge is -2.18. The molecule has 0 aromatic rings. The molecule has 0 heterocycles. The highest BCUT2D eigenvalue weighted by Crippen LogP contribution is 2.10. The Morgan fingerprint density at radius 3 is 1.10 bits per heavy atom. The maximum atomic E-state index is 12.8. The Labute approximate surface area is 384 Å². The Hall–Kier alpha value is -4.97. The van der Waals surface area contributed by atoms with Crippen LogP contribution in [-0.4, -0.2) is 37.2 Å². The average Bonchev–Trinajstić information content (AvgIpc) is 3.28. The van der Waals surface area contributed by atoms with E-state index in [-0.39, 0.29) is 44.0 Å². The molecule has 1 unspecified atom stereocenters. The summed E-state index contributed by atoms with van der Waals surface area (Å²) in [6, 6.07) is 0. The highest BCUT2D eigenvalue weighted by atomic mass is 16.6. The van der Waals surface area contributed by atoms with Crippen molar-refractivity contribution < 1.29 is 28.6 Å². The van der Waals surface area contributed by atoms with Crippen LogP contribution >= 0.6 is 0 Å². The Morgan fingerprint density at radius 1 is 0.333 bits per heavy atom. The molecule has 1 atom stereocenters. The molecule has 0 aliphatic heterocycles. The Bertz CT molecular complexity index is 1510. The number of allylic oxidation sites excluding steroid dienone is 26. The zero-order valence-electron chi connectivity index (χ0n) is 39.5. The van der Waals surface area contributed by atoms with E-state index in [4.69, 9.17) is 14.2 Å². The van der Waals surface area contributed by atoms with Gasteiger partial charge in [-0.2, -0.15) is 0 Å². The summed E-state index contributed by atoms with van der Waals surface area (Å²) in [6.07, 6.45) is 72.3. The third kappa shape index (κ3) is 47.9. The normalized spacial score (nSPS) is 13.5. The minimum absolute atomic E-state index is 0.139. The quantitative estimate of drug-likeness (QED) is 0.0201. The van der Waals surface area contributed by atoms with Gasteiger partial charge in [0.1, 0.15) is 13.2 Å². The summed E-state index contributed by atoms with van der Waals surface area (Å²) in [5.74, 6) is -1.09. The third-order valence-electron chi connectivity index (χ3n) is 9.14. The number of carbonyl (C=O) groups excluding carboxylic acids is 3. The van der Waals surface area contributed by atoms with Gasteiger partial charge < -0.3 is 14.2 Å². The van der Waals surface area contributed by atoms with Crippen LogP contribution in [0.3, 0.4) is 0 Å². The van der Waals surface area contributed by atoms with Gasteiger partial charge in [0.25, 0.3) is 0 Å². The molecule has 0 aliphatic rings. The van der Waals surface area contributed by atoms with Crippen molar-refractivity contribution in [1.29, 1.82) is 0 Å². The van der Waals surface area contributed by atoms with Gasteiger partial charge in [-0.1, -0.05) is 192 Å². The van der Waals surface area contributed by atoms with Gasteiger partial charge in [0, 0.05) is 19.3 Å². The van der Waals surface area contributed by atoms with Crippen LogP contribution in [0.2, 0.25) is 0 Å². The molecule has 63 heavy (non-hydrogen) atoms. The summed E-state index contributed by atoms with van der Waals surface area (Å²) >= 11 is 0. The lowest BCUT2D eigenvalue weighted by molar-refractivity contribution is -0.167. The Balaban J connectivity index is 4.65. The number of hydrogen-bond donors (Lipinski definition) is 0. The fourth-order valence-corrected chi connectivity index (χ4v) is 5.63. The summed E-state index contributed by atoms with van der Waals surface area (Å²) in [7, 11) is 0. The standard InChI is InChI=1S/C57H84O6/c1-4-7-10-13-16-19-22-25-27-29-32-35-38-41-44-47-50-56(59)62-53-54(52-61-55(58)49-46-43-40-37-34-31-24-21-18-15-12-9-6-3)63-57(60)51-48-45-42-39-36-33-30-28-26-23-20-17-14-11-8-5-2/h7-12,15-21,24-28,31-37,40,54H,4-6,13-14,22-23,29-30,38-39,41-53H2,1-3H3/b10-7-,11-8-,12-9-,18-15-,19-16-,20-17-,24-21-,27-25-,28-26-,34-31-,35-32-,36-33-,40-37-. The first-order valence-electron chi connectivity index (χ1n) is 24.1. The predicted molar refractivity (Wildman–Crippen MR) is 269 cm³/mol. The van der Waals surface area contributed by atoms with E-state index < -0.39 is 6.10 Å². The van der Waals surface area contributed by atoms with Gasteiger partial charge in [0.15, 0.2) is 6.10 Å². The van der Waals surface area contributed by atoms with Crippen LogP contribution in [-0.2, 0) is 28.6 Å². The second kappa shape index (κ2) is 49.7. The average molecular weight is 865 g/mol. The van der Waals surface area contributed by atoms with E-state index in [1.807, 2.05) is 54.7 Å². The van der Waals surface area contributed by atoms with Gasteiger partial charge in [0.2, 0.25) is 0 Å². The van der Waals surface area contributed by atoms with E-state index in [9.17, 15) is 14.4 Å². The molecule has 0 amide bonds. The molecule has 0 radical (unpaired) electrons. The second-order valence-corrected chi connectivity index (χ2v) is 15.0. The van der Waals surface area contributed by atoms with Crippen molar-refractivity contribution in [2.45, 2.75) is 168 Å². The minimum atomic E-state index is -0.844. The van der Waals surface area contributed by atoms with E-state index in [1.165, 1.54) is 0 Å². The fraction of sp³-hybridized carbons (Fsp3) is 0.491. The minimum Gasteiger partial charge on any atom is -0.462 e. The molecule has 348 valence electrons. The maximum Gasteiger partial charge on any atom is 0.306 e. The molecule has 0 saturated heterocycles. The first kappa shape index (κ1) is 58.0. The lowest BCUT2D eigenvalue weighted by atomic mass is 10.1. The first-order chi connectivity index (χ1) is 31.0. The predicted octanol–water partition coefficient (Wildman–Crippen LogP) is 15.9. The molecular formula is C57H84O6. The molecule has 0 spiro atoms. The number of esters is 3. The van der Waals surface area contributed by atoms with Crippen LogP contribution in [0.4, 0.5) is 0 Å². The van der Waals surface area contributed by atoms with Crippen molar-refractivity contribution in [1.82, 2.24) is 0 Å². The number of ether oxygens (including phenoxy) is 3. The summed E-state index contributed by atoms with van der Waals surface area (Å²) in [5.41, 5.74) is 0. The molecule has 0 bridgehead atoms. The highest BCUT2D eigenvalue weighted by molar-refractivity contribution is 5.71. The van der Waals surface area contributed by atoms with Crippen molar-refractivity contribution in [3.8, 4) is 0 Å². The molecule has 0 rings (SSSR count). The van der Waals surface area contributed by atoms with Crippen LogP contribution in [0.25, 0.3) is 0 Å². The van der Waals surface area contributed by atoms with E-state index in [0.29, 0.717) is 19.3 Å². The van der Waals surface area contributed by atoms with Gasteiger partial charge in [-0.25, -0.2) is 0 Å². The second-order valence-electron chi connectivity index (χ2n) is 15.0. The SMILES string of the molecule is CC\C=C/C=C\C=C/C=C\C=C/CCCC(=O)OCC(COC(=O)CCCCC/C=C\C/C=C\C/C=C\C/C=C\CC)OC(=O)CCCCC/C=C\C/C=C\C/C=C\C/C=C\CC. The van der Waals surface area contributed by atoms with Crippen molar-refractivity contribution >= 4 is 17.9 Å². The van der Waals surface area contributed by atoms with Gasteiger partial charge in [-0.15, -0.1) is 0 Å². The molecule has 0 aromatic carbocycles. The summed E-state index contributed by atoms with van der Waals surface area (Å²) in [4.78, 5) is 37.9. The Morgan fingerprint density at radius 2 is 0.667 bits per heavy atom. The maximum absolute atomic E-state index is 12.8. The van der Waals surface area contributed by atoms with Crippen LogP contribution in [0.15, 0.2) is 158 Å². The van der Waals surface area contributed by atoms with Gasteiger partial charge in [-0.3, -0.25) is 14.4 Å². The zero-order chi connectivity index (χ0) is 45.8. The molecule has 0 aromatic heterocycles. The highest BCUT2D eigenvalue weighted by Gasteiger charge is 2.19. The molecule has 0 aliphatic carbocycles. The topological polar surface area (TPSA) is 78.9 Å². The van der Waals surface area contributed by atoms with Crippen LogP contribution in [0.1, 0.15) is 162 Å². The van der Waals surface area contributed by atoms with E-state index in [0.717, 1.165) is 109 Å². The molecule has 6 heteroatoms. The molecule has 6 nitrogen and oxygen atoms in total. The summed E-state index contributed by atoms with van der Waals surface area (Å²) in [6.45, 7) is 6.10. The summed E-state index contributed by atoms with van der Waals surface area (Å²) < 4.78 is 16.6. The number of hydrogen-bond acceptors (Lipinski definition) is 6. The van der Waals surface area contributed by atoms with Crippen molar-refractivity contribution in [3.05, 3.63) is 158 Å². The molecule has 0 N–H and O–H groups in total. The number of carbonyl (C=O) groups is 3. The van der Waals surface area contributed by atoms with Crippen LogP contribution in [0, 0.1) is 0 Å². The van der Waals surface area contributed by atoms with Crippen LogP contribution in [0.5, 0.6) is 0 Å². The van der Waals surface area contributed by atoms with Gasteiger partial charge >= 0.3 is 17.9 Å². The van der Waals surface area contributed by atoms with Gasteiger partial charge in [0.05, 0.1) is 0 Å². The summed E-state index contributed by atoms with van der Waals surface area (Å²) in [5, 5.41) is 0. The monoisotopic (exact) mass is 865 g/mol. The lowest BCUT2D eigenvalue weighted by Crippen LogP contribution is -2.30. The van der Waals surface area contributed by atoms with E-state index >= 15 is 0 Å². The number of rotatable bonds is 40. The van der Waals surface area contributed by atoms with Crippen molar-refractivity contribution in [3.63, 3.8) is 0 Å². The first-order valence-corrected chi connectivity index (χ1v) is 24.1. The van der Waals surface area contributed by atoms with Gasteiger partial charge in [-0.05, 0) is 109 Å². The fourth-order valence-electron chi connectivity index (χ4n) is 5.63. The molecular weight excluding hydrogens is 781 g/mol. The Kier molecular flexibility index (Phi) is 45.8. The van der Waals surface area contributed by atoms with Crippen molar-refractivity contribution in [2.75, 3.05) is 13.2 Å². The number of unbranched alkanes of at least 4 members (excludes halogenated alkanes) is 7. The third-order valence-corrected chi connectivity index (χ3v) is 9.14. The zero-order valence-corrected chi connectivity index (χ0v) is 39.5. The van der Waals surface area contributed by atoms with Crippen molar-refractivity contribution in [2.24, 2.45) is 0 Å². The van der Waals surface area contributed by atoms with Crippen LogP contribution < -0.4 is 0 Å². The van der Waals surface area contributed by atoms with E-state index in [2.05, 4.69) is 124 Å². The largest absolute Gasteiger partial charge is 0.462 e. The van der Waals surface area contributed by atoms with E-state index in [1.54, 1.807) is 0 Å².